The fourth-order valence-corrected chi connectivity index (χ4v) is 3.15. The van der Waals surface area contributed by atoms with Crippen LogP contribution in [-0.2, 0) is 56.2 Å². The summed E-state index contributed by atoms with van der Waals surface area (Å²) in [7, 11) is -6.87. The van der Waals surface area contributed by atoms with E-state index in [9.17, 15) is 48.3 Å². The van der Waals surface area contributed by atoms with Gasteiger partial charge >= 0.3 is 279 Å². The van der Waals surface area contributed by atoms with E-state index >= 15 is 0 Å². The van der Waals surface area contributed by atoms with Gasteiger partial charge in [-0.15, -0.1) is 10.1 Å². The Balaban J connectivity index is -0.000000132. The van der Waals surface area contributed by atoms with E-state index in [1.807, 2.05) is 0 Å². The Hall–Kier alpha value is 5.71. The summed E-state index contributed by atoms with van der Waals surface area (Å²) in [5.41, 5.74) is -3.44. The van der Waals surface area contributed by atoms with Crippen LogP contribution in [-0.4, -0.2) is 295 Å². The van der Waals surface area contributed by atoms with Gasteiger partial charge in [-0.2, -0.15) is 4.31 Å². The van der Waals surface area contributed by atoms with Crippen LogP contribution in [0.15, 0.2) is 0 Å². The van der Waals surface area contributed by atoms with E-state index < -0.39 is 106 Å². The maximum atomic E-state index is 11.7. The molecular weight excluding hydrogens is 797 g/mol. The van der Waals surface area contributed by atoms with Crippen molar-refractivity contribution in [2.24, 2.45) is 0 Å². The summed E-state index contributed by atoms with van der Waals surface area (Å²) in [6.45, 7) is -0.430. The van der Waals surface area contributed by atoms with E-state index in [4.69, 9.17) is 27.5 Å². The molecule has 218 valence electrons. The molecule has 0 aliphatic carbocycles. The number of phosphoric acid groups is 2. The van der Waals surface area contributed by atoms with Gasteiger partial charge in [0.05, 0.1) is 12.8 Å². The second kappa shape index (κ2) is 38.0. The molecule has 4 N–H and O–H groups in total. The summed E-state index contributed by atoms with van der Waals surface area (Å²) < 4.78 is 37.0. The van der Waals surface area contributed by atoms with Crippen molar-refractivity contribution in [2.45, 2.75) is 25.4 Å². The third kappa shape index (κ3) is 41.9. The number of aliphatic carboxylic acids is 1. The minimum atomic E-state index is -5.83. The van der Waals surface area contributed by atoms with Crippen molar-refractivity contribution in [3.8, 4) is 0 Å². The molecule has 19 nitrogen and oxygen atoms in total. The first-order chi connectivity index (χ1) is 16.3. The molecule has 2 unspecified atom stereocenters. The number of phosphoric ester groups is 1. The van der Waals surface area contributed by atoms with E-state index in [0.717, 1.165) is 6.92 Å². The Bertz CT molecular complexity index is 938. The average molecular weight is 819 g/mol. The Labute approximate surface area is 410 Å². The number of esters is 3. The van der Waals surface area contributed by atoms with E-state index in [0.29, 0.717) is 0 Å². The van der Waals surface area contributed by atoms with Crippen molar-refractivity contribution in [1.29, 1.82) is 0 Å². The summed E-state index contributed by atoms with van der Waals surface area (Å²) in [6, 6.07) is 0. The summed E-state index contributed by atoms with van der Waals surface area (Å²) in [5, 5.41) is 18.0. The van der Waals surface area contributed by atoms with Crippen LogP contribution in [0.2, 0.25) is 0 Å². The summed E-state index contributed by atoms with van der Waals surface area (Å²) >= 11 is 0.542. The number of carboxylic acid groups (broad SMARTS) is 1. The average Bonchev–Trinajstić information content (AvgIpc) is 2.64. The van der Waals surface area contributed by atoms with Crippen LogP contribution in [0.1, 0.15) is 19.8 Å². The molecular formula is C10H22AlCaCl3KLiMgNNa3O18P2. The van der Waals surface area contributed by atoms with Gasteiger partial charge in [-0.25, -0.2) is 18.7 Å². The molecule has 0 amide bonds. The molecule has 32 heteroatoms. The fraction of sp³-hybridized carbons (Fsp3) is 0.500. The predicted molar refractivity (Wildman–Crippen MR) is 161 cm³/mol. The Kier molecular flexibility index (Phi) is 62.8. The van der Waals surface area contributed by atoms with E-state index in [1.54, 1.807) is 0 Å². The fourth-order valence-electron chi connectivity index (χ4n) is 1.62. The van der Waals surface area contributed by atoms with Crippen LogP contribution in [0.4, 0.5) is 0 Å². The number of hydrogen-bond donors (Lipinski definition) is 4. The van der Waals surface area contributed by atoms with Gasteiger partial charge in [0.2, 0.25) is 5.60 Å². The standard InChI is InChI=1S/C10H13NO18P2.Al.Ca.3ClH.K.Li.Mg.3Na.9H/c1-5(12)26-8(15)4-25-6(13)2-10(9(16)17,28-11(18)19)3-7(14)27-31(23,24)29-30(20,21)22;;;;;;;;;;;;;;;;;;;;/h2-4H2,1H3,(H,16,17)(H,23,24)(H2,20,21,22);;;3*1H;;;;;;;;;;;;;;;/q;;+2;;;;;+1;;;;;;;;;;;;;/p-3. The van der Waals surface area contributed by atoms with Gasteiger partial charge in [-0.3, -0.25) is 24.1 Å². The van der Waals surface area contributed by atoms with Gasteiger partial charge in [0.1, 0.15) is 0 Å². The molecule has 0 rings (SSSR count). The molecule has 0 aliphatic heterocycles. The van der Waals surface area contributed by atoms with E-state index in [2.05, 4.69) is 32.9 Å². The Morgan fingerprint density at radius 3 is 1.67 bits per heavy atom. The van der Waals surface area contributed by atoms with Gasteiger partial charge in [0.15, 0.2) is 24.0 Å². The van der Waals surface area contributed by atoms with Crippen molar-refractivity contribution in [3.63, 3.8) is 0 Å². The topological polar surface area (TPSA) is 290 Å². The zero-order valence-electron chi connectivity index (χ0n) is 17.8. The van der Waals surface area contributed by atoms with E-state index in [1.165, 1.54) is 16.7 Å². The van der Waals surface area contributed by atoms with Gasteiger partial charge in [-0.05, 0) is 0 Å². The first kappa shape index (κ1) is 69.5. The molecule has 0 heterocycles. The number of ether oxygens (including phenoxy) is 2. The van der Waals surface area contributed by atoms with Crippen molar-refractivity contribution in [2.75, 3.05) is 6.61 Å². The van der Waals surface area contributed by atoms with Gasteiger partial charge in [-0.1, -0.05) is 0 Å². The zero-order chi connectivity index (χ0) is 29.3. The van der Waals surface area contributed by atoms with Gasteiger partial charge < -0.3 is 28.9 Å². The van der Waals surface area contributed by atoms with Crippen LogP contribution >= 0.6 is 38.2 Å². The second-order valence-electron chi connectivity index (χ2n) is 5.20. The molecule has 0 bridgehead atoms. The summed E-state index contributed by atoms with van der Waals surface area (Å²) in [4.78, 5) is 96.8. The molecule has 0 saturated carbocycles. The number of nitrogens with zero attached hydrogens (tertiary/aromatic N) is 1. The van der Waals surface area contributed by atoms with Crippen LogP contribution in [0.3, 0.4) is 0 Å². The molecule has 2 atom stereocenters. The number of rotatable bonds is 12. The number of carbonyl (C=O) groups is 5. The molecule has 0 radical (unpaired) electrons. The molecule has 0 saturated heterocycles. The van der Waals surface area contributed by atoms with E-state index in [-0.39, 0.29) is 180 Å². The predicted octanol–water partition coefficient (Wildman–Crippen LogP) is -5.20. The van der Waals surface area contributed by atoms with Crippen molar-refractivity contribution >= 4 is 296 Å². The summed E-state index contributed by atoms with van der Waals surface area (Å²) in [6.07, 6.45) is 6.38. The van der Waals surface area contributed by atoms with Gasteiger partial charge in [0, 0.05) is 6.92 Å². The molecule has 0 spiro atoms. The quantitative estimate of drug-likeness (QED) is 0.0357. The molecule has 0 aromatic heterocycles. The molecule has 0 aromatic carbocycles. The normalized spacial score (nSPS) is 11.4. The monoisotopic (exact) mass is 817 g/mol. The van der Waals surface area contributed by atoms with Crippen LogP contribution < -0.4 is 0 Å². The molecule has 42 heavy (non-hydrogen) atoms. The number of hydrogen-bond acceptors (Lipinski definition) is 14. The SMILES string of the molecule is CC(=O)OC(=O)COC(=O)CC(CC(=O)OP(=O)(O)OP(=O)(O)O)(O[N+](=O)[O-])C(=O)O.[AlH3].[Cl][Ca][Cl].[KH].[Li][Cl].[MgH2].[NaH].[NaH].[NaH]. The Morgan fingerprint density at radius 2 is 1.36 bits per heavy atom. The number of carbonyl (C=O) groups excluding carboxylic acids is 4. The third-order valence-corrected chi connectivity index (χ3v) is 4.64. The zero-order valence-corrected chi connectivity index (χ0v) is 24.1. The van der Waals surface area contributed by atoms with Crippen molar-refractivity contribution < 1.29 is 81.1 Å². The number of carboxylic acids is 1. The van der Waals surface area contributed by atoms with Crippen LogP contribution in [0.25, 0.3) is 0 Å². The third-order valence-electron chi connectivity index (χ3n) is 2.53. The maximum absolute atomic E-state index is 11.7. The minimum absolute atomic E-state index is 0. The van der Waals surface area contributed by atoms with Crippen molar-refractivity contribution in [3.05, 3.63) is 10.1 Å². The van der Waals surface area contributed by atoms with Crippen LogP contribution in [0, 0.1) is 10.1 Å². The second-order valence-corrected chi connectivity index (χ2v) is 11.6. The van der Waals surface area contributed by atoms with Crippen molar-refractivity contribution in [1.82, 2.24) is 0 Å². The number of halogens is 3. The van der Waals surface area contributed by atoms with Crippen LogP contribution in [0.5, 0.6) is 0 Å². The molecule has 0 aliphatic rings. The Morgan fingerprint density at radius 1 is 0.976 bits per heavy atom. The van der Waals surface area contributed by atoms with Gasteiger partial charge in [0.25, 0.3) is 5.09 Å². The summed E-state index contributed by atoms with van der Waals surface area (Å²) in [5.74, 6) is -8.73. The molecule has 0 fully saturated rings. The first-order valence-corrected chi connectivity index (χ1v) is 17.9. The first-order valence-electron chi connectivity index (χ1n) is 8.04. The molecule has 0 aromatic rings.